The molecule has 0 bridgehead atoms. The molecule has 0 spiro atoms. The van der Waals surface area contributed by atoms with E-state index in [1.165, 1.54) is 26.4 Å². The Morgan fingerprint density at radius 2 is 2.00 bits per heavy atom. The predicted molar refractivity (Wildman–Crippen MR) is 65.7 cm³/mol. The summed E-state index contributed by atoms with van der Waals surface area (Å²) in [7, 11) is 1.27. The van der Waals surface area contributed by atoms with E-state index in [4.69, 9.17) is 5.11 Å². The lowest BCUT2D eigenvalue weighted by Crippen LogP contribution is -2.17. The van der Waals surface area contributed by atoms with Crippen LogP contribution in [0.15, 0.2) is 12.2 Å². The Morgan fingerprint density at radius 1 is 1.29 bits per heavy atom. The normalized spacial score (nSPS) is 12.6. The molecule has 0 amide bonds. The average molecular weight is 242 g/mol. The van der Waals surface area contributed by atoms with Crippen LogP contribution in [-0.2, 0) is 14.3 Å². The molecule has 0 aliphatic rings. The van der Waals surface area contributed by atoms with Crippen molar-refractivity contribution in [3.63, 3.8) is 0 Å². The Labute approximate surface area is 103 Å². The van der Waals surface area contributed by atoms with E-state index >= 15 is 0 Å². The van der Waals surface area contributed by atoms with Gasteiger partial charge in [0.25, 0.3) is 0 Å². The summed E-state index contributed by atoms with van der Waals surface area (Å²) in [5.41, 5.74) is 0. The Balaban J connectivity index is 4.01. The predicted octanol–water partition coefficient (Wildman–Crippen LogP) is 2.78. The number of unbranched alkanes of at least 4 members (excludes halogenated alkanes) is 4. The third kappa shape index (κ3) is 8.48. The Hall–Kier alpha value is -1.32. The van der Waals surface area contributed by atoms with Gasteiger partial charge in [0.2, 0.25) is 0 Å². The van der Waals surface area contributed by atoms with Crippen LogP contribution >= 0.6 is 0 Å². The first-order valence-electron chi connectivity index (χ1n) is 6.08. The molecule has 0 fully saturated rings. The lowest BCUT2D eigenvalue weighted by atomic mass is 10.0. The van der Waals surface area contributed by atoms with Gasteiger partial charge in [0.15, 0.2) is 0 Å². The van der Waals surface area contributed by atoms with Crippen LogP contribution in [0.2, 0.25) is 0 Å². The van der Waals surface area contributed by atoms with Crippen molar-refractivity contribution in [2.45, 2.75) is 45.4 Å². The second-order valence-corrected chi connectivity index (χ2v) is 4.01. The molecule has 0 saturated carbocycles. The first kappa shape index (κ1) is 15.7. The summed E-state index contributed by atoms with van der Waals surface area (Å²) in [6, 6.07) is 0. The maximum atomic E-state index is 11.3. The number of allylic oxidation sites excluding steroid dienone is 1. The van der Waals surface area contributed by atoms with E-state index in [9.17, 15) is 9.59 Å². The lowest BCUT2D eigenvalue weighted by molar-refractivity contribution is -0.148. The Morgan fingerprint density at radius 3 is 2.53 bits per heavy atom. The third-order valence-corrected chi connectivity index (χ3v) is 2.49. The number of carbonyl (C=O) groups is 2. The number of carboxylic acid groups (broad SMARTS) is 1. The van der Waals surface area contributed by atoms with E-state index in [0.717, 1.165) is 12.8 Å². The van der Waals surface area contributed by atoms with Gasteiger partial charge < -0.3 is 9.84 Å². The number of methoxy groups -OCH3 is 1. The molecule has 98 valence electrons. The highest BCUT2D eigenvalue weighted by Crippen LogP contribution is 2.10. The summed E-state index contributed by atoms with van der Waals surface area (Å²) < 4.78 is 4.56. The minimum Gasteiger partial charge on any atom is -0.481 e. The number of hydrogen-bond donors (Lipinski definition) is 1. The molecule has 0 radical (unpaired) electrons. The van der Waals surface area contributed by atoms with Gasteiger partial charge in [0.05, 0.1) is 19.4 Å². The maximum absolute atomic E-state index is 11.3. The third-order valence-electron chi connectivity index (χ3n) is 2.49. The van der Waals surface area contributed by atoms with Crippen molar-refractivity contribution in [3.05, 3.63) is 12.2 Å². The van der Waals surface area contributed by atoms with E-state index in [1.54, 1.807) is 6.08 Å². The summed E-state index contributed by atoms with van der Waals surface area (Å²) in [5.74, 6) is -2.14. The molecular formula is C13H22O4. The molecule has 17 heavy (non-hydrogen) atoms. The first-order chi connectivity index (χ1) is 8.11. The highest BCUT2D eigenvalue weighted by Gasteiger charge is 2.18. The van der Waals surface area contributed by atoms with Crippen LogP contribution in [0.25, 0.3) is 0 Å². The molecule has 0 aromatic rings. The van der Waals surface area contributed by atoms with Gasteiger partial charge >= 0.3 is 11.9 Å². The van der Waals surface area contributed by atoms with Crippen LogP contribution < -0.4 is 0 Å². The lowest BCUT2D eigenvalue weighted by Gasteiger charge is -2.07. The van der Waals surface area contributed by atoms with Gasteiger partial charge in [-0.2, -0.15) is 0 Å². The number of aliphatic carboxylic acids is 1. The molecule has 1 N–H and O–H groups in total. The van der Waals surface area contributed by atoms with Gasteiger partial charge in [-0.1, -0.05) is 38.3 Å². The van der Waals surface area contributed by atoms with E-state index in [1.807, 2.05) is 6.08 Å². The van der Waals surface area contributed by atoms with Crippen molar-refractivity contribution in [3.8, 4) is 0 Å². The van der Waals surface area contributed by atoms with Crippen molar-refractivity contribution < 1.29 is 19.4 Å². The Bertz CT molecular complexity index is 258. The number of carbonyl (C=O) groups excluding carboxylic acids is 1. The molecule has 4 heteroatoms. The minimum atomic E-state index is -0.990. The molecule has 0 aliphatic carbocycles. The quantitative estimate of drug-likeness (QED) is 0.383. The van der Waals surface area contributed by atoms with Crippen LogP contribution in [0.1, 0.15) is 45.4 Å². The number of ether oxygens (including phenoxy) is 1. The number of carboxylic acids is 1. The van der Waals surface area contributed by atoms with Gasteiger partial charge in [-0.3, -0.25) is 9.59 Å². The van der Waals surface area contributed by atoms with Crippen molar-refractivity contribution in [1.82, 2.24) is 0 Å². The van der Waals surface area contributed by atoms with Crippen molar-refractivity contribution >= 4 is 11.9 Å². The SMILES string of the molecule is CCCCCC/C=C/C(CC(=O)O)C(=O)OC. The maximum Gasteiger partial charge on any atom is 0.313 e. The fourth-order valence-electron chi connectivity index (χ4n) is 1.52. The summed E-state index contributed by atoms with van der Waals surface area (Å²) in [4.78, 5) is 21.8. The summed E-state index contributed by atoms with van der Waals surface area (Å²) >= 11 is 0. The fourth-order valence-corrected chi connectivity index (χ4v) is 1.52. The van der Waals surface area contributed by atoms with E-state index in [0.29, 0.717) is 0 Å². The van der Waals surface area contributed by atoms with Gasteiger partial charge in [-0.15, -0.1) is 0 Å². The standard InChI is InChI=1S/C13H22O4/c1-3-4-5-6-7-8-9-11(10-12(14)15)13(16)17-2/h8-9,11H,3-7,10H2,1-2H3,(H,14,15)/b9-8+. The zero-order valence-corrected chi connectivity index (χ0v) is 10.6. The van der Waals surface area contributed by atoms with Gasteiger partial charge in [0.1, 0.15) is 0 Å². The average Bonchev–Trinajstić information content (AvgIpc) is 2.30. The van der Waals surface area contributed by atoms with Crippen molar-refractivity contribution in [2.24, 2.45) is 5.92 Å². The molecule has 0 rings (SSSR count). The zero-order valence-electron chi connectivity index (χ0n) is 10.6. The van der Waals surface area contributed by atoms with Crippen LogP contribution in [0.3, 0.4) is 0 Å². The van der Waals surface area contributed by atoms with Gasteiger partial charge in [-0.25, -0.2) is 0 Å². The molecule has 0 heterocycles. The number of hydrogen-bond acceptors (Lipinski definition) is 3. The smallest absolute Gasteiger partial charge is 0.313 e. The first-order valence-corrected chi connectivity index (χ1v) is 6.08. The number of esters is 1. The van der Waals surface area contributed by atoms with Crippen LogP contribution in [-0.4, -0.2) is 24.2 Å². The molecule has 4 nitrogen and oxygen atoms in total. The monoisotopic (exact) mass is 242 g/mol. The summed E-state index contributed by atoms with van der Waals surface area (Å²) in [6.45, 7) is 2.15. The minimum absolute atomic E-state index is 0.210. The van der Waals surface area contributed by atoms with Crippen LogP contribution in [0.4, 0.5) is 0 Å². The molecule has 1 unspecified atom stereocenters. The molecule has 0 aromatic carbocycles. The van der Waals surface area contributed by atoms with E-state index in [2.05, 4.69) is 11.7 Å². The molecular weight excluding hydrogens is 220 g/mol. The van der Waals surface area contributed by atoms with Crippen molar-refractivity contribution in [1.29, 1.82) is 0 Å². The zero-order chi connectivity index (χ0) is 13.1. The summed E-state index contributed by atoms with van der Waals surface area (Å²) in [6.07, 6.45) is 8.84. The highest BCUT2D eigenvalue weighted by molar-refractivity contribution is 5.80. The molecule has 1 atom stereocenters. The Kier molecular flexibility index (Phi) is 9.11. The van der Waals surface area contributed by atoms with Crippen LogP contribution in [0, 0.1) is 5.92 Å². The van der Waals surface area contributed by atoms with Gasteiger partial charge in [-0.05, 0) is 12.8 Å². The van der Waals surface area contributed by atoms with Gasteiger partial charge in [0, 0.05) is 0 Å². The highest BCUT2D eigenvalue weighted by atomic mass is 16.5. The largest absolute Gasteiger partial charge is 0.481 e. The molecule has 0 aliphatic heterocycles. The van der Waals surface area contributed by atoms with E-state index < -0.39 is 17.9 Å². The second kappa shape index (κ2) is 9.87. The number of rotatable bonds is 9. The topological polar surface area (TPSA) is 63.6 Å². The fraction of sp³-hybridized carbons (Fsp3) is 0.692. The second-order valence-electron chi connectivity index (χ2n) is 4.01. The van der Waals surface area contributed by atoms with Crippen LogP contribution in [0.5, 0.6) is 0 Å². The summed E-state index contributed by atoms with van der Waals surface area (Å²) in [5, 5.41) is 8.66. The molecule has 0 aromatic heterocycles. The van der Waals surface area contributed by atoms with E-state index in [-0.39, 0.29) is 6.42 Å². The molecule has 0 saturated heterocycles. The van der Waals surface area contributed by atoms with Crippen molar-refractivity contribution in [2.75, 3.05) is 7.11 Å².